The van der Waals surface area contributed by atoms with Crippen LogP contribution in [0.1, 0.15) is 5.56 Å². The number of benzene rings is 2. The molecule has 2 rings (SSSR count). The minimum atomic E-state index is -5.69. The highest BCUT2D eigenvalue weighted by Crippen LogP contribution is 2.41. The highest BCUT2D eigenvalue weighted by Gasteiger charge is 2.62. The van der Waals surface area contributed by atoms with Crippen LogP contribution in [0.2, 0.25) is 5.02 Å². The average molecular weight is 336 g/mol. The maximum Gasteiger partial charge on any atom is 0.475 e. The van der Waals surface area contributed by atoms with Gasteiger partial charge in [-0.15, -0.1) is 0 Å². The maximum absolute atomic E-state index is 13.8. The quantitative estimate of drug-likeness (QED) is 0.526. The van der Waals surface area contributed by atoms with Gasteiger partial charge < -0.3 is 4.90 Å². The Morgan fingerprint density at radius 1 is 0.818 bits per heavy atom. The Morgan fingerprint density at radius 3 is 1.86 bits per heavy atom. The first-order valence-corrected chi connectivity index (χ1v) is 6.61. The first kappa shape index (κ1) is 16.5. The molecule has 118 valence electrons. The number of alkyl halides is 5. The van der Waals surface area contributed by atoms with Crippen LogP contribution in [0.5, 0.6) is 0 Å². The molecule has 0 radical (unpaired) electrons. The Bertz CT molecular complexity index is 610. The van der Waals surface area contributed by atoms with Gasteiger partial charge in [0.1, 0.15) is 0 Å². The van der Waals surface area contributed by atoms with Crippen molar-refractivity contribution in [2.75, 3.05) is 4.90 Å². The Morgan fingerprint density at radius 2 is 1.36 bits per heavy atom. The summed E-state index contributed by atoms with van der Waals surface area (Å²) in [5.41, 5.74) is 0.0666. The third-order valence-corrected chi connectivity index (χ3v) is 3.25. The van der Waals surface area contributed by atoms with E-state index in [1.54, 1.807) is 18.2 Å². The molecular formula is C15H11ClF5N. The molecule has 0 aliphatic carbocycles. The lowest BCUT2D eigenvalue weighted by Gasteiger charge is -2.34. The largest absolute Gasteiger partial charge is 0.475 e. The fourth-order valence-electron chi connectivity index (χ4n) is 1.89. The number of hydrogen-bond donors (Lipinski definition) is 0. The molecule has 0 N–H and O–H groups in total. The summed E-state index contributed by atoms with van der Waals surface area (Å²) in [4.78, 5) is 0.0126. The minimum absolute atomic E-state index is 0.0126. The first-order valence-electron chi connectivity index (χ1n) is 6.23. The number of halogens is 6. The molecule has 0 atom stereocenters. The molecule has 2 aromatic carbocycles. The molecule has 0 aliphatic heterocycles. The van der Waals surface area contributed by atoms with E-state index in [9.17, 15) is 22.0 Å². The van der Waals surface area contributed by atoms with E-state index in [0.29, 0.717) is 5.56 Å². The summed E-state index contributed by atoms with van der Waals surface area (Å²) in [5.74, 6) is 0. The fraction of sp³-hybridized carbons (Fsp3) is 0.200. The van der Waals surface area contributed by atoms with Crippen LogP contribution in [-0.2, 0) is 6.54 Å². The van der Waals surface area contributed by atoms with Crippen molar-refractivity contribution < 1.29 is 22.0 Å². The summed E-state index contributed by atoms with van der Waals surface area (Å²) in [5, 5.41) is 0.249. The zero-order valence-electron chi connectivity index (χ0n) is 11.1. The molecular weight excluding hydrogens is 325 g/mol. The van der Waals surface area contributed by atoms with Crippen molar-refractivity contribution in [2.24, 2.45) is 0 Å². The van der Waals surface area contributed by atoms with Crippen molar-refractivity contribution in [3.05, 3.63) is 65.2 Å². The van der Waals surface area contributed by atoms with Crippen molar-refractivity contribution in [1.29, 1.82) is 0 Å². The van der Waals surface area contributed by atoms with Crippen molar-refractivity contribution in [3.63, 3.8) is 0 Å². The Labute approximate surface area is 128 Å². The first-order chi connectivity index (χ1) is 10.2. The molecule has 0 bridgehead atoms. The molecule has 0 spiro atoms. The monoisotopic (exact) mass is 335 g/mol. The van der Waals surface area contributed by atoms with Crippen LogP contribution in [0, 0.1) is 0 Å². The SMILES string of the molecule is FC(F)(F)C(F)(F)N(Cc1ccccc1)c1ccc(Cl)cc1. The topological polar surface area (TPSA) is 3.24 Å². The van der Waals surface area contributed by atoms with Gasteiger partial charge in [-0.3, -0.25) is 0 Å². The van der Waals surface area contributed by atoms with E-state index in [1.165, 1.54) is 24.3 Å². The van der Waals surface area contributed by atoms with E-state index in [0.717, 1.165) is 12.1 Å². The predicted octanol–water partition coefficient (Wildman–Crippen LogP) is 5.50. The standard InChI is InChI=1S/C15H11ClF5N/c16-12-6-8-13(9-7-12)22(15(20,21)14(17,18)19)10-11-4-2-1-3-5-11/h1-9H,10H2. The maximum atomic E-state index is 13.8. The lowest BCUT2D eigenvalue weighted by atomic mass is 10.2. The zero-order valence-corrected chi connectivity index (χ0v) is 11.9. The summed E-state index contributed by atoms with van der Waals surface area (Å²) in [7, 11) is 0. The van der Waals surface area contributed by atoms with Crippen molar-refractivity contribution in [3.8, 4) is 0 Å². The number of nitrogens with zero attached hydrogens (tertiary/aromatic N) is 1. The highest BCUT2D eigenvalue weighted by atomic mass is 35.5. The third-order valence-electron chi connectivity index (χ3n) is 3.00. The summed E-state index contributed by atoms with van der Waals surface area (Å²) >= 11 is 5.65. The van der Waals surface area contributed by atoms with Crippen LogP contribution in [0.25, 0.3) is 0 Å². The molecule has 0 aliphatic rings. The number of anilines is 1. The van der Waals surface area contributed by atoms with Gasteiger partial charge in [-0.25, -0.2) is 0 Å². The second-order valence-corrected chi connectivity index (χ2v) is 5.02. The Hall–Kier alpha value is -1.82. The summed E-state index contributed by atoms with van der Waals surface area (Å²) in [6.45, 7) is -0.588. The predicted molar refractivity (Wildman–Crippen MR) is 75.1 cm³/mol. The van der Waals surface area contributed by atoms with Gasteiger partial charge in [-0.05, 0) is 29.8 Å². The van der Waals surface area contributed by atoms with Gasteiger partial charge in [-0.2, -0.15) is 22.0 Å². The number of hydrogen-bond acceptors (Lipinski definition) is 1. The van der Waals surface area contributed by atoms with Gasteiger partial charge in [-0.1, -0.05) is 41.9 Å². The average Bonchev–Trinajstić information content (AvgIpc) is 2.46. The molecule has 2 aromatic rings. The van der Waals surface area contributed by atoms with Crippen LogP contribution in [-0.4, -0.2) is 12.2 Å². The lowest BCUT2D eigenvalue weighted by Crippen LogP contribution is -2.52. The fourth-order valence-corrected chi connectivity index (χ4v) is 2.02. The van der Waals surface area contributed by atoms with Gasteiger partial charge in [0.25, 0.3) is 0 Å². The van der Waals surface area contributed by atoms with Gasteiger partial charge >= 0.3 is 12.2 Å². The zero-order chi connectivity index (χ0) is 16.4. The second kappa shape index (κ2) is 6.12. The molecule has 0 amide bonds. The van der Waals surface area contributed by atoms with Crippen molar-refractivity contribution in [1.82, 2.24) is 0 Å². The molecule has 0 unspecified atom stereocenters. The smallest absolute Gasteiger partial charge is 0.301 e. The summed E-state index contributed by atoms with van der Waals surface area (Å²) < 4.78 is 65.9. The second-order valence-electron chi connectivity index (χ2n) is 4.59. The van der Waals surface area contributed by atoms with E-state index in [-0.39, 0.29) is 15.6 Å². The molecule has 0 aromatic heterocycles. The molecule has 0 heterocycles. The van der Waals surface area contributed by atoms with E-state index >= 15 is 0 Å². The molecule has 0 saturated carbocycles. The van der Waals surface area contributed by atoms with Gasteiger partial charge in [0.15, 0.2) is 0 Å². The normalized spacial score (nSPS) is 12.3. The van der Waals surface area contributed by atoms with Crippen LogP contribution >= 0.6 is 11.6 Å². The molecule has 0 fully saturated rings. The van der Waals surface area contributed by atoms with Crippen LogP contribution in [0.15, 0.2) is 54.6 Å². The lowest BCUT2D eigenvalue weighted by molar-refractivity contribution is -0.282. The van der Waals surface area contributed by atoms with Crippen LogP contribution in [0.3, 0.4) is 0 Å². The van der Waals surface area contributed by atoms with E-state index in [2.05, 4.69) is 0 Å². The van der Waals surface area contributed by atoms with E-state index in [1.807, 2.05) is 0 Å². The van der Waals surface area contributed by atoms with Gasteiger partial charge in [0.2, 0.25) is 0 Å². The van der Waals surface area contributed by atoms with Crippen molar-refractivity contribution in [2.45, 2.75) is 18.8 Å². The van der Waals surface area contributed by atoms with Crippen LogP contribution in [0.4, 0.5) is 27.6 Å². The Balaban J connectivity index is 2.43. The summed E-state index contributed by atoms with van der Waals surface area (Å²) in [6, 6.07) is 7.54. The molecule has 22 heavy (non-hydrogen) atoms. The number of rotatable bonds is 4. The third kappa shape index (κ3) is 3.50. The van der Waals surface area contributed by atoms with Gasteiger partial charge in [0.05, 0.1) is 0 Å². The molecule has 0 saturated heterocycles. The van der Waals surface area contributed by atoms with Crippen LogP contribution < -0.4 is 4.90 Å². The molecule has 1 nitrogen and oxygen atoms in total. The van der Waals surface area contributed by atoms with E-state index < -0.39 is 18.8 Å². The highest BCUT2D eigenvalue weighted by molar-refractivity contribution is 6.30. The minimum Gasteiger partial charge on any atom is -0.301 e. The summed E-state index contributed by atoms with van der Waals surface area (Å²) in [6.07, 6.45) is -5.69. The molecule has 7 heteroatoms. The van der Waals surface area contributed by atoms with Gasteiger partial charge in [0, 0.05) is 17.3 Å². The van der Waals surface area contributed by atoms with Crippen molar-refractivity contribution >= 4 is 17.3 Å². The van der Waals surface area contributed by atoms with E-state index in [4.69, 9.17) is 11.6 Å². The Kier molecular flexibility index (Phi) is 4.60.